The molecule has 9 nitrogen and oxygen atoms in total. The summed E-state index contributed by atoms with van der Waals surface area (Å²) in [6.45, 7) is 4.61. The van der Waals surface area contributed by atoms with Crippen molar-refractivity contribution < 1.29 is 42.9 Å². The molecule has 0 saturated heterocycles. The van der Waals surface area contributed by atoms with Crippen LogP contribution in [0.25, 0.3) is 0 Å². The average Bonchev–Trinajstić information content (AvgIpc) is 3.74. The van der Waals surface area contributed by atoms with Crippen molar-refractivity contribution in [1.82, 2.24) is 0 Å². The molecular weight excluding hydrogens is 1200 g/mol. The van der Waals surface area contributed by atoms with E-state index >= 15 is 0 Å². The second-order valence-electron chi connectivity index (χ2n) is 26.2. The SMILES string of the molecule is CC/C=C\C/C=C\C/C=C\C/C=C\C/C=C\C/C=C\C/C=C\C/C=C\C/C=C\C/C=C\CCCCCCC(=O)OC(COC(=O)CCCCCCCCCCCCCCCCCCCC/C=C\C/C=C\C/C=C\C/C=C\C/C=C\C/C=C\CC)COC(OCC[N+](C)(C)C)C(=O)O. The van der Waals surface area contributed by atoms with E-state index in [1.807, 2.05) is 21.1 Å². The molecule has 1 N–H and O–H groups in total. The highest BCUT2D eigenvalue weighted by molar-refractivity contribution is 5.71. The van der Waals surface area contributed by atoms with E-state index < -0.39 is 24.3 Å². The van der Waals surface area contributed by atoms with Gasteiger partial charge in [0.25, 0.3) is 6.29 Å². The van der Waals surface area contributed by atoms with Crippen LogP contribution >= 0.6 is 0 Å². The largest absolute Gasteiger partial charge is 0.477 e. The summed E-state index contributed by atoms with van der Waals surface area (Å²) in [5.41, 5.74) is 0. The predicted molar refractivity (Wildman–Crippen MR) is 419 cm³/mol. The fourth-order valence-corrected chi connectivity index (χ4v) is 10.0. The first-order valence-electron chi connectivity index (χ1n) is 38.6. The molecule has 0 saturated carbocycles. The lowest BCUT2D eigenvalue weighted by atomic mass is 10.0. The van der Waals surface area contributed by atoms with Crippen LogP contribution in [0.4, 0.5) is 0 Å². The van der Waals surface area contributed by atoms with Crippen LogP contribution in [0.3, 0.4) is 0 Å². The highest BCUT2D eigenvalue weighted by atomic mass is 16.7. The van der Waals surface area contributed by atoms with E-state index in [1.54, 1.807) is 0 Å². The van der Waals surface area contributed by atoms with Crippen molar-refractivity contribution in [2.75, 3.05) is 47.5 Å². The Morgan fingerprint density at radius 3 is 0.825 bits per heavy atom. The Hall–Kier alpha value is -5.87. The Bertz CT molecular complexity index is 2310. The quantitative estimate of drug-likeness (QED) is 0.0211. The normalized spacial score (nSPS) is 13.8. The lowest BCUT2D eigenvalue weighted by Crippen LogP contribution is -2.40. The standard InChI is InChI=1S/C88H141NO8/c1-6-8-10-12-14-16-18-20-22-24-26-28-30-32-34-36-38-40-42-43-45-46-48-50-52-54-56-58-60-62-64-66-68-70-72-74-76-78-85(90)95-82-84(83-96-88(87(92)93)94-81-80-89(3,4)5)97-86(91)79-77-75-73-71-69-67-65-63-61-59-57-55-53-51-49-47-44-41-39-37-35-33-31-29-27-25-23-21-19-17-15-13-11-9-7-2/h8-11,14-17,20-23,26-29,32-35,38-41,47,49,53,55,59,61,65,67,84,88H,6-7,12-13,18-19,24-25,30-31,36-37,42-46,48,50-52,54,56-58,60,62-64,66,68-83H2,1-5H3/p+1/b10-8-,11-9-,16-14-,17-15-,22-20-,23-21-,28-26-,29-27-,34-32-,35-33-,40-38-,41-39-,49-47-,55-53-,61-59-,67-65-. The lowest BCUT2D eigenvalue weighted by molar-refractivity contribution is -0.870. The number of hydrogen-bond acceptors (Lipinski definition) is 7. The van der Waals surface area contributed by atoms with Gasteiger partial charge in [-0.25, -0.2) is 4.79 Å². The highest BCUT2D eigenvalue weighted by Crippen LogP contribution is 2.17. The molecule has 0 radical (unpaired) electrons. The van der Waals surface area contributed by atoms with Crippen LogP contribution < -0.4 is 0 Å². The van der Waals surface area contributed by atoms with Gasteiger partial charge in [-0.1, -0.05) is 324 Å². The van der Waals surface area contributed by atoms with Gasteiger partial charge in [0.05, 0.1) is 34.4 Å². The van der Waals surface area contributed by atoms with Crippen LogP contribution in [0.1, 0.15) is 284 Å². The number of nitrogens with zero attached hydrogens (tertiary/aromatic N) is 1. The van der Waals surface area contributed by atoms with Crippen LogP contribution in [0.5, 0.6) is 0 Å². The Morgan fingerprint density at radius 1 is 0.309 bits per heavy atom. The van der Waals surface area contributed by atoms with Crippen LogP contribution in [0, 0.1) is 0 Å². The van der Waals surface area contributed by atoms with Crippen molar-refractivity contribution in [3.8, 4) is 0 Å². The molecule has 9 heteroatoms. The van der Waals surface area contributed by atoms with E-state index in [-0.39, 0.29) is 38.6 Å². The number of quaternary nitrogens is 1. The van der Waals surface area contributed by atoms with Crippen molar-refractivity contribution >= 4 is 17.9 Å². The molecule has 2 atom stereocenters. The molecule has 0 aliphatic carbocycles. The third kappa shape index (κ3) is 77.4. The van der Waals surface area contributed by atoms with Crippen LogP contribution in [0.2, 0.25) is 0 Å². The Morgan fingerprint density at radius 2 is 0.557 bits per heavy atom. The minimum absolute atomic E-state index is 0.173. The monoisotopic (exact) mass is 1340 g/mol. The fourth-order valence-electron chi connectivity index (χ4n) is 10.0. The van der Waals surface area contributed by atoms with Gasteiger partial charge in [0.15, 0.2) is 6.10 Å². The zero-order valence-corrected chi connectivity index (χ0v) is 62.4. The second-order valence-corrected chi connectivity index (χ2v) is 26.2. The number of carboxylic acids is 1. The zero-order chi connectivity index (χ0) is 70.4. The fraction of sp³-hybridized carbons (Fsp3) is 0.602. The maximum absolute atomic E-state index is 13.0. The average molecular weight is 1340 g/mol. The van der Waals surface area contributed by atoms with Gasteiger partial charge in [0, 0.05) is 12.8 Å². The third-order valence-electron chi connectivity index (χ3n) is 15.8. The topological polar surface area (TPSA) is 108 Å². The molecule has 0 aliphatic rings. The molecule has 0 aromatic heterocycles. The first-order valence-corrected chi connectivity index (χ1v) is 38.6. The number of hydrogen-bond donors (Lipinski definition) is 1. The highest BCUT2D eigenvalue weighted by Gasteiger charge is 2.25. The van der Waals surface area contributed by atoms with Crippen molar-refractivity contribution in [2.45, 2.75) is 296 Å². The molecule has 0 aromatic rings. The number of carbonyl (C=O) groups excluding carboxylic acids is 2. The Balaban J connectivity index is 4.16. The Kier molecular flexibility index (Phi) is 71.3. The smallest absolute Gasteiger partial charge is 0.361 e. The number of carbonyl (C=O) groups is 3. The third-order valence-corrected chi connectivity index (χ3v) is 15.8. The molecule has 0 aromatic carbocycles. The molecular formula is C88H142NO8+. The van der Waals surface area contributed by atoms with Gasteiger partial charge >= 0.3 is 17.9 Å². The number of allylic oxidation sites excluding steroid dienone is 32. The predicted octanol–water partition coefficient (Wildman–Crippen LogP) is 24.9. The summed E-state index contributed by atoms with van der Waals surface area (Å²) in [5, 5.41) is 9.77. The number of carboxylic acid groups (broad SMARTS) is 1. The van der Waals surface area contributed by atoms with E-state index in [2.05, 4.69) is 208 Å². The molecule has 0 heterocycles. The van der Waals surface area contributed by atoms with E-state index in [4.69, 9.17) is 18.9 Å². The maximum Gasteiger partial charge on any atom is 0.361 e. The summed E-state index contributed by atoms with van der Waals surface area (Å²) in [7, 11) is 5.96. The van der Waals surface area contributed by atoms with Crippen molar-refractivity contribution in [1.29, 1.82) is 0 Å². The van der Waals surface area contributed by atoms with Crippen molar-refractivity contribution in [2.24, 2.45) is 0 Å². The van der Waals surface area contributed by atoms with Gasteiger partial charge in [-0.2, -0.15) is 0 Å². The van der Waals surface area contributed by atoms with Gasteiger partial charge in [0.1, 0.15) is 13.2 Å². The summed E-state index contributed by atoms with van der Waals surface area (Å²) >= 11 is 0. The number of esters is 2. The van der Waals surface area contributed by atoms with Crippen LogP contribution in [-0.2, 0) is 33.3 Å². The molecule has 0 amide bonds. The summed E-state index contributed by atoms with van der Waals surface area (Å²) in [4.78, 5) is 37.7. The van der Waals surface area contributed by atoms with Gasteiger partial charge in [-0.05, 0) is 141 Å². The van der Waals surface area contributed by atoms with Crippen LogP contribution in [-0.4, -0.2) is 87.4 Å². The summed E-state index contributed by atoms with van der Waals surface area (Å²) < 4.78 is 23.0. The lowest BCUT2D eigenvalue weighted by Gasteiger charge is -2.25. The molecule has 546 valence electrons. The van der Waals surface area contributed by atoms with Gasteiger partial charge in [0.2, 0.25) is 0 Å². The summed E-state index contributed by atoms with van der Waals surface area (Å²) in [6, 6.07) is 0. The van der Waals surface area contributed by atoms with E-state index in [0.29, 0.717) is 17.4 Å². The second kappa shape index (κ2) is 75.9. The van der Waals surface area contributed by atoms with Crippen molar-refractivity contribution in [3.05, 3.63) is 194 Å². The summed E-state index contributed by atoms with van der Waals surface area (Å²) in [6.07, 6.45) is 114. The molecule has 0 spiro atoms. The number of rotatable bonds is 69. The van der Waals surface area contributed by atoms with E-state index in [9.17, 15) is 19.5 Å². The van der Waals surface area contributed by atoms with Gasteiger partial charge < -0.3 is 28.5 Å². The van der Waals surface area contributed by atoms with Crippen molar-refractivity contribution in [3.63, 3.8) is 0 Å². The minimum Gasteiger partial charge on any atom is -0.477 e. The number of unbranched alkanes of at least 4 members (excludes halogenated alkanes) is 22. The molecule has 0 bridgehead atoms. The van der Waals surface area contributed by atoms with Gasteiger partial charge in [-0.3, -0.25) is 9.59 Å². The number of ether oxygens (including phenoxy) is 4. The Labute approximate surface area is 595 Å². The van der Waals surface area contributed by atoms with E-state index in [1.165, 1.54) is 103 Å². The maximum atomic E-state index is 13.0. The zero-order valence-electron chi connectivity index (χ0n) is 62.4. The molecule has 97 heavy (non-hydrogen) atoms. The molecule has 0 rings (SSSR count). The first kappa shape index (κ1) is 91.1. The van der Waals surface area contributed by atoms with E-state index in [0.717, 1.165) is 148 Å². The molecule has 0 aliphatic heterocycles. The number of aliphatic carboxylic acids is 1. The molecule has 2 unspecified atom stereocenters. The van der Waals surface area contributed by atoms with Gasteiger partial charge in [-0.15, -0.1) is 0 Å². The minimum atomic E-state index is -1.53. The number of likely N-dealkylation sites (N-methyl/N-ethyl adjacent to an activating group) is 1. The first-order chi connectivity index (χ1) is 47.6. The summed E-state index contributed by atoms with van der Waals surface area (Å²) in [5.74, 6) is -2.05. The van der Waals surface area contributed by atoms with Crippen LogP contribution in [0.15, 0.2) is 194 Å². The molecule has 0 fully saturated rings.